The molecule has 1 heterocycles. The van der Waals surface area contributed by atoms with Crippen LogP contribution in [-0.2, 0) is 6.18 Å². The van der Waals surface area contributed by atoms with Gasteiger partial charge in [-0.25, -0.2) is 4.79 Å². The molecule has 0 unspecified atom stereocenters. The summed E-state index contributed by atoms with van der Waals surface area (Å²) in [7, 11) is 3.12. The highest BCUT2D eigenvalue weighted by Crippen LogP contribution is 2.49. The van der Waals surface area contributed by atoms with E-state index in [0.29, 0.717) is 28.4 Å². The summed E-state index contributed by atoms with van der Waals surface area (Å²) in [5.74, 6) is 1.26. The van der Waals surface area contributed by atoms with Crippen molar-refractivity contribution in [2.45, 2.75) is 18.3 Å². The minimum absolute atomic E-state index is 0.306. The second-order valence-electron chi connectivity index (χ2n) is 8.84. The average molecular weight is 519 g/mol. The Morgan fingerprint density at radius 3 is 1.42 bits per heavy atom. The molecular formula is C30H25F3N2O3. The van der Waals surface area contributed by atoms with Gasteiger partial charge in [-0.15, -0.1) is 0 Å². The van der Waals surface area contributed by atoms with Gasteiger partial charge in [-0.1, -0.05) is 42.5 Å². The summed E-state index contributed by atoms with van der Waals surface area (Å²) >= 11 is 0. The monoisotopic (exact) mass is 518 g/mol. The van der Waals surface area contributed by atoms with E-state index in [1.165, 1.54) is 12.1 Å². The summed E-state index contributed by atoms with van der Waals surface area (Å²) in [5.41, 5.74) is 1.91. The number of hydrogen-bond acceptors (Lipinski definition) is 3. The number of carbonyl (C=O) groups is 1. The van der Waals surface area contributed by atoms with Gasteiger partial charge in [-0.3, -0.25) is 9.80 Å². The number of methoxy groups -OCH3 is 2. The van der Waals surface area contributed by atoms with Gasteiger partial charge in [0.2, 0.25) is 0 Å². The molecule has 5 rings (SSSR count). The van der Waals surface area contributed by atoms with Crippen LogP contribution in [-0.4, -0.2) is 20.3 Å². The van der Waals surface area contributed by atoms with E-state index >= 15 is 0 Å². The van der Waals surface area contributed by atoms with Crippen molar-refractivity contribution in [3.63, 3.8) is 0 Å². The zero-order chi connectivity index (χ0) is 26.9. The summed E-state index contributed by atoms with van der Waals surface area (Å²) in [6.07, 6.45) is -4.46. The van der Waals surface area contributed by atoms with E-state index in [1.54, 1.807) is 72.6 Å². The van der Waals surface area contributed by atoms with Crippen molar-refractivity contribution in [2.24, 2.45) is 0 Å². The van der Waals surface area contributed by atoms with Crippen LogP contribution in [0, 0.1) is 0 Å². The topological polar surface area (TPSA) is 42.0 Å². The van der Waals surface area contributed by atoms with E-state index in [9.17, 15) is 18.0 Å². The highest BCUT2D eigenvalue weighted by molar-refractivity contribution is 6.08. The molecule has 0 saturated carbocycles. The molecule has 0 aromatic heterocycles. The Labute approximate surface area is 218 Å². The summed E-state index contributed by atoms with van der Waals surface area (Å²) in [5, 5.41) is 0. The lowest BCUT2D eigenvalue weighted by molar-refractivity contribution is -0.137. The normalized spacial score (nSPS) is 17.6. The van der Waals surface area contributed by atoms with E-state index in [0.717, 1.165) is 17.7 Å². The number of rotatable bonds is 6. The molecule has 1 aliphatic rings. The number of amides is 2. The van der Waals surface area contributed by atoms with Gasteiger partial charge < -0.3 is 9.47 Å². The van der Waals surface area contributed by atoms with Crippen molar-refractivity contribution in [3.8, 4) is 11.5 Å². The van der Waals surface area contributed by atoms with Crippen LogP contribution in [0.5, 0.6) is 11.5 Å². The Hall–Kier alpha value is -4.46. The van der Waals surface area contributed by atoms with Crippen molar-refractivity contribution < 1.29 is 27.4 Å². The van der Waals surface area contributed by atoms with Crippen LogP contribution in [0.25, 0.3) is 0 Å². The maximum absolute atomic E-state index is 14.2. The van der Waals surface area contributed by atoms with Gasteiger partial charge >= 0.3 is 12.2 Å². The zero-order valence-corrected chi connectivity index (χ0v) is 20.7. The number of halogens is 3. The Kier molecular flexibility index (Phi) is 6.72. The third kappa shape index (κ3) is 4.65. The number of carbonyl (C=O) groups excluding carboxylic acids is 1. The highest BCUT2D eigenvalue weighted by Gasteiger charge is 2.49. The molecule has 0 N–H and O–H groups in total. The number of urea groups is 1. The minimum atomic E-state index is -4.46. The predicted molar refractivity (Wildman–Crippen MR) is 140 cm³/mol. The van der Waals surface area contributed by atoms with Crippen LogP contribution >= 0.6 is 0 Å². The molecule has 2 amide bonds. The third-order valence-corrected chi connectivity index (χ3v) is 6.69. The van der Waals surface area contributed by atoms with E-state index in [2.05, 4.69) is 0 Å². The van der Waals surface area contributed by atoms with Crippen molar-refractivity contribution in [3.05, 3.63) is 120 Å². The van der Waals surface area contributed by atoms with Gasteiger partial charge in [0.1, 0.15) is 11.5 Å². The fourth-order valence-electron chi connectivity index (χ4n) is 4.85. The molecule has 0 bridgehead atoms. The molecular weight excluding hydrogens is 493 g/mol. The largest absolute Gasteiger partial charge is 0.497 e. The summed E-state index contributed by atoms with van der Waals surface area (Å²) in [6.45, 7) is 0. The molecule has 4 aromatic carbocycles. The highest BCUT2D eigenvalue weighted by atomic mass is 19.4. The molecule has 0 radical (unpaired) electrons. The summed E-state index contributed by atoms with van der Waals surface area (Å²) < 4.78 is 50.7. The van der Waals surface area contributed by atoms with Crippen LogP contribution < -0.4 is 19.3 Å². The molecule has 0 aliphatic carbocycles. The molecule has 1 saturated heterocycles. The standard InChI is InChI=1S/C30H25F3N2O3/c1-37-25-16-12-23(13-17-25)34-27(20-6-4-3-5-7-20)28(21-8-10-22(11-9-21)30(31,32)33)35(29(34)36)24-14-18-26(38-2)19-15-24/h3-19,27-28H,1-2H3/t27-,28-/m1/s1. The average Bonchev–Trinajstić information content (AvgIpc) is 3.25. The molecule has 194 valence electrons. The van der Waals surface area contributed by atoms with Crippen LogP contribution in [0.4, 0.5) is 29.3 Å². The zero-order valence-electron chi connectivity index (χ0n) is 20.7. The van der Waals surface area contributed by atoms with Crippen LogP contribution in [0.3, 0.4) is 0 Å². The number of nitrogens with zero attached hydrogens (tertiary/aromatic N) is 2. The number of ether oxygens (including phenoxy) is 2. The van der Waals surface area contributed by atoms with Crippen molar-refractivity contribution in [1.82, 2.24) is 0 Å². The fourth-order valence-corrected chi connectivity index (χ4v) is 4.85. The van der Waals surface area contributed by atoms with E-state index in [1.807, 2.05) is 30.3 Å². The quantitative estimate of drug-likeness (QED) is 0.263. The number of anilines is 2. The smallest absolute Gasteiger partial charge is 0.416 e. The van der Waals surface area contributed by atoms with Gasteiger partial charge in [-0.05, 0) is 71.8 Å². The number of hydrogen-bond donors (Lipinski definition) is 0. The Morgan fingerprint density at radius 2 is 1.03 bits per heavy atom. The second kappa shape index (κ2) is 10.1. The van der Waals surface area contributed by atoms with Gasteiger partial charge in [0.25, 0.3) is 0 Å². The maximum Gasteiger partial charge on any atom is 0.416 e. The first kappa shape index (κ1) is 25.2. The number of alkyl halides is 3. The SMILES string of the molecule is COc1ccc(N2C(=O)N(c3ccc(OC)cc3)[C@H](c3ccc(C(F)(F)F)cc3)[C@H]2c2ccccc2)cc1. The summed E-state index contributed by atoms with van der Waals surface area (Å²) in [4.78, 5) is 17.5. The second-order valence-corrected chi connectivity index (χ2v) is 8.84. The molecule has 5 nitrogen and oxygen atoms in total. The van der Waals surface area contributed by atoms with Gasteiger partial charge in [0.15, 0.2) is 0 Å². The summed E-state index contributed by atoms with van der Waals surface area (Å²) in [6, 6.07) is 27.2. The fraction of sp³-hybridized carbons (Fsp3) is 0.167. The molecule has 1 fully saturated rings. The van der Waals surface area contributed by atoms with Crippen LogP contribution in [0.15, 0.2) is 103 Å². The Balaban J connectivity index is 1.70. The Morgan fingerprint density at radius 1 is 0.605 bits per heavy atom. The lowest BCUT2D eigenvalue weighted by atomic mass is 9.92. The molecule has 0 spiro atoms. The number of benzene rings is 4. The van der Waals surface area contributed by atoms with E-state index in [-0.39, 0.29) is 6.03 Å². The molecule has 4 aromatic rings. The Bertz CT molecular complexity index is 1390. The molecule has 8 heteroatoms. The first-order valence-electron chi connectivity index (χ1n) is 11.9. The van der Waals surface area contributed by atoms with Crippen LogP contribution in [0.2, 0.25) is 0 Å². The van der Waals surface area contributed by atoms with E-state index < -0.39 is 23.8 Å². The molecule has 1 aliphatic heterocycles. The van der Waals surface area contributed by atoms with Gasteiger partial charge in [-0.2, -0.15) is 13.2 Å². The lowest BCUT2D eigenvalue weighted by Gasteiger charge is -2.29. The first-order valence-corrected chi connectivity index (χ1v) is 11.9. The van der Waals surface area contributed by atoms with Gasteiger partial charge in [0, 0.05) is 11.4 Å². The van der Waals surface area contributed by atoms with Crippen LogP contribution in [0.1, 0.15) is 28.8 Å². The first-order chi connectivity index (χ1) is 18.3. The van der Waals surface area contributed by atoms with Gasteiger partial charge in [0.05, 0.1) is 31.9 Å². The minimum Gasteiger partial charge on any atom is -0.497 e. The predicted octanol–water partition coefficient (Wildman–Crippen LogP) is 7.65. The van der Waals surface area contributed by atoms with Crippen molar-refractivity contribution >= 4 is 17.4 Å². The van der Waals surface area contributed by atoms with Crippen molar-refractivity contribution in [1.29, 1.82) is 0 Å². The van der Waals surface area contributed by atoms with E-state index in [4.69, 9.17) is 9.47 Å². The molecule has 38 heavy (non-hydrogen) atoms. The lowest BCUT2D eigenvalue weighted by Crippen LogP contribution is -2.32. The maximum atomic E-state index is 14.2. The molecule has 2 atom stereocenters. The van der Waals surface area contributed by atoms with Crippen molar-refractivity contribution in [2.75, 3.05) is 24.0 Å². The third-order valence-electron chi connectivity index (χ3n) is 6.69.